The molecule has 1 atom stereocenters. The molecule has 0 radical (unpaired) electrons. The van der Waals surface area contributed by atoms with Gasteiger partial charge in [0.15, 0.2) is 0 Å². The van der Waals surface area contributed by atoms with Gasteiger partial charge in [-0.15, -0.1) is 11.3 Å². The van der Waals surface area contributed by atoms with E-state index in [2.05, 4.69) is 10.6 Å². The maximum absolute atomic E-state index is 12.1. The zero-order valence-corrected chi connectivity index (χ0v) is 16.0. The Balaban J connectivity index is 1.52. The van der Waals surface area contributed by atoms with Crippen molar-refractivity contribution in [2.45, 2.75) is 12.5 Å². The molecule has 0 aliphatic heterocycles. The summed E-state index contributed by atoms with van der Waals surface area (Å²) in [6.45, 7) is 1.52. The predicted octanol–water partition coefficient (Wildman–Crippen LogP) is 3.50. The Morgan fingerprint density at radius 3 is 2.29 bits per heavy atom. The summed E-state index contributed by atoms with van der Waals surface area (Å²) in [5.41, 5.74) is -0.772. The van der Waals surface area contributed by atoms with Gasteiger partial charge in [0.2, 0.25) is 0 Å². The summed E-state index contributed by atoms with van der Waals surface area (Å²) < 4.78 is 5.68. The zero-order valence-electron chi connectivity index (χ0n) is 15.2. The fourth-order valence-corrected chi connectivity index (χ4v) is 3.21. The third-order valence-electron chi connectivity index (χ3n) is 3.94. The monoisotopic (exact) mass is 396 g/mol. The molecule has 0 bridgehead atoms. The first kappa shape index (κ1) is 19.6. The van der Waals surface area contributed by atoms with Crippen molar-refractivity contribution in [2.24, 2.45) is 0 Å². The molecule has 0 saturated heterocycles. The first-order valence-corrected chi connectivity index (χ1v) is 9.50. The number of nitrogens with one attached hydrogen (secondary N) is 2. The molecule has 0 fully saturated rings. The van der Waals surface area contributed by atoms with Gasteiger partial charge >= 0.3 is 11.8 Å². The topological polar surface area (TPSA) is 87.7 Å². The Bertz CT molecular complexity index is 923. The number of hydrogen-bond donors (Lipinski definition) is 3. The molecule has 28 heavy (non-hydrogen) atoms. The Labute approximate surface area is 166 Å². The quantitative estimate of drug-likeness (QED) is 0.557. The summed E-state index contributed by atoms with van der Waals surface area (Å²) in [6.07, 6.45) is 0. The van der Waals surface area contributed by atoms with Gasteiger partial charge in [-0.3, -0.25) is 9.59 Å². The number of amides is 2. The van der Waals surface area contributed by atoms with Crippen LogP contribution < -0.4 is 15.4 Å². The average molecular weight is 396 g/mol. The molecule has 3 aromatic rings. The van der Waals surface area contributed by atoms with Crippen molar-refractivity contribution in [1.29, 1.82) is 0 Å². The number of thiophene rings is 1. The lowest BCUT2D eigenvalue weighted by atomic mass is 10.1. The van der Waals surface area contributed by atoms with E-state index in [-0.39, 0.29) is 6.54 Å². The minimum absolute atomic E-state index is 0.0659. The number of anilines is 1. The molecule has 0 aliphatic carbocycles. The van der Waals surface area contributed by atoms with Crippen molar-refractivity contribution >= 4 is 28.8 Å². The van der Waals surface area contributed by atoms with Crippen LogP contribution in [0.15, 0.2) is 72.1 Å². The maximum Gasteiger partial charge on any atom is 0.313 e. The smallest absolute Gasteiger partial charge is 0.313 e. The summed E-state index contributed by atoms with van der Waals surface area (Å²) in [5, 5.41) is 17.2. The molecular formula is C21H20N2O4S. The minimum atomic E-state index is -1.24. The van der Waals surface area contributed by atoms with Crippen LogP contribution in [0, 0.1) is 0 Å². The van der Waals surface area contributed by atoms with Gasteiger partial charge in [0.1, 0.15) is 17.1 Å². The summed E-state index contributed by atoms with van der Waals surface area (Å²) in [4.78, 5) is 24.8. The molecule has 1 heterocycles. The highest BCUT2D eigenvalue weighted by Crippen LogP contribution is 2.24. The van der Waals surface area contributed by atoms with Crippen LogP contribution in [0.25, 0.3) is 0 Å². The highest BCUT2D eigenvalue weighted by molar-refractivity contribution is 7.10. The molecule has 0 saturated carbocycles. The van der Waals surface area contributed by atoms with Crippen molar-refractivity contribution in [3.63, 3.8) is 0 Å². The van der Waals surface area contributed by atoms with Gasteiger partial charge in [0, 0.05) is 10.6 Å². The average Bonchev–Trinajstić information content (AvgIpc) is 3.24. The Morgan fingerprint density at radius 2 is 1.64 bits per heavy atom. The molecule has 144 valence electrons. The largest absolute Gasteiger partial charge is 0.457 e. The summed E-state index contributed by atoms with van der Waals surface area (Å²) in [5.74, 6) is -0.308. The van der Waals surface area contributed by atoms with Crippen molar-refractivity contribution in [3.05, 3.63) is 77.0 Å². The number of carbonyl (C=O) groups is 2. The molecule has 6 nitrogen and oxygen atoms in total. The van der Waals surface area contributed by atoms with Crippen LogP contribution in [-0.4, -0.2) is 23.5 Å². The number of hydrogen-bond acceptors (Lipinski definition) is 5. The number of benzene rings is 2. The lowest BCUT2D eigenvalue weighted by Gasteiger charge is -2.22. The van der Waals surface area contributed by atoms with Crippen molar-refractivity contribution in [2.75, 3.05) is 11.9 Å². The van der Waals surface area contributed by atoms with Crippen LogP contribution in [0.4, 0.5) is 5.69 Å². The van der Waals surface area contributed by atoms with Crippen molar-refractivity contribution in [1.82, 2.24) is 5.32 Å². The van der Waals surface area contributed by atoms with E-state index in [0.29, 0.717) is 22.1 Å². The number of carbonyl (C=O) groups excluding carboxylic acids is 2. The number of rotatable bonds is 6. The van der Waals surface area contributed by atoms with E-state index in [1.165, 1.54) is 11.3 Å². The van der Waals surface area contributed by atoms with E-state index in [0.717, 1.165) is 0 Å². The molecule has 0 spiro atoms. The van der Waals surface area contributed by atoms with E-state index in [1.807, 2.05) is 41.8 Å². The van der Waals surface area contributed by atoms with Gasteiger partial charge in [0.25, 0.3) is 0 Å². The van der Waals surface area contributed by atoms with E-state index in [9.17, 15) is 14.7 Å². The van der Waals surface area contributed by atoms with E-state index in [1.54, 1.807) is 37.3 Å². The summed E-state index contributed by atoms with van der Waals surface area (Å²) in [7, 11) is 0. The Kier molecular flexibility index (Phi) is 6.08. The lowest BCUT2D eigenvalue weighted by Crippen LogP contribution is -2.42. The number of aliphatic hydroxyl groups is 1. The number of ether oxygens (including phenoxy) is 1. The summed E-state index contributed by atoms with van der Waals surface area (Å²) in [6, 6.07) is 19.6. The van der Waals surface area contributed by atoms with Gasteiger partial charge in [0.05, 0.1) is 6.54 Å². The molecule has 1 aromatic heterocycles. The summed E-state index contributed by atoms with van der Waals surface area (Å²) >= 11 is 1.38. The fourth-order valence-electron chi connectivity index (χ4n) is 2.42. The second-order valence-electron chi connectivity index (χ2n) is 6.33. The molecule has 3 N–H and O–H groups in total. The SMILES string of the molecule is C[C@@](O)(CNC(=O)C(=O)Nc1ccc(Oc2ccccc2)cc1)c1cccs1. The molecule has 0 aliphatic rings. The third kappa shape index (κ3) is 5.18. The van der Waals surface area contributed by atoms with E-state index in [4.69, 9.17) is 4.74 Å². The minimum Gasteiger partial charge on any atom is -0.457 e. The first-order chi connectivity index (χ1) is 13.4. The van der Waals surface area contributed by atoms with E-state index < -0.39 is 17.4 Å². The van der Waals surface area contributed by atoms with Crippen LogP contribution in [0.1, 0.15) is 11.8 Å². The third-order valence-corrected chi connectivity index (χ3v) is 5.07. The molecule has 7 heteroatoms. The first-order valence-electron chi connectivity index (χ1n) is 8.62. The van der Waals surface area contributed by atoms with Gasteiger partial charge < -0.3 is 20.5 Å². The van der Waals surface area contributed by atoms with Crippen molar-refractivity contribution < 1.29 is 19.4 Å². The zero-order chi connectivity index (χ0) is 20.0. The van der Waals surface area contributed by atoms with E-state index >= 15 is 0 Å². The maximum atomic E-state index is 12.1. The lowest BCUT2D eigenvalue weighted by molar-refractivity contribution is -0.136. The van der Waals surface area contributed by atoms with Gasteiger partial charge in [-0.25, -0.2) is 0 Å². The highest BCUT2D eigenvalue weighted by Gasteiger charge is 2.26. The van der Waals surface area contributed by atoms with Crippen molar-refractivity contribution in [3.8, 4) is 11.5 Å². The second-order valence-corrected chi connectivity index (χ2v) is 7.28. The van der Waals surface area contributed by atoms with Crippen LogP contribution in [0.3, 0.4) is 0 Å². The van der Waals surface area contributed by atoms with Crippen LogP contribution >= 0.6 is 11.3 Å². The molecule has 0 unspecified atom stereocenters. The highest BCUT2D eigenvalue weighted by atomic mass is 32.1. The van der Waals surface area contributed by atoms with Gasteiger partial charge in [-0.2, -0.15) is 0 Å². The molecule has 3 rings (SSSR count). The Morgan fingerprint density at radius 1 is 0.964 bits per heavy atom. The number of para-hydroxylation sites is 1. The molecular weight excluding hydrogens is 376 g/mol. The van der Waals surface area contributed by atoms with Crippen LogP contribution in [-0.2, 0) is 15.2 Å². The Hall–Kier alpha value is -3.16. The molecule has 2 aromatic carbocycles. The fraction of sp³-hybridized carbons (Fsp3) is 0.143. The van der Waals surface area contributed by atoms with Gasteiger partial charge in [-0.05, 0) is 54.8 Å². The van der Waals surface area contributed by atoms with Crippen LogP contribution in [0.2, 0.25) is 0 Å². The molecule has 2 amide bonds. The van der Waals surface area contributed by atoms with Crippen LogP contribution in [0.5, 0.6) is 11.5 Å². The standard InChI is InChI=1S/C21H20N2O4S/c1-21(26,18-8-5-13-28-18)14-22-19(24)20(25)23-15-9-11-17(12-10-15)27-16-6-3-2-4-7-16/h2-13,26H,14H2,1H3,(H,22,24)(H,23,25)/t21-/m1/s1. The second kappa shape index (κ2) is 8.69. The predicted molar refractivity (Wildman–Crippen MR) is 108 cm³/mol. The normalized spacial score (nSPS) is 12.6. The van der Waals surface area contributed by atoms with Gasteiger partial charge in [-0.1, -0.05) is 24.3 Å².